The first kappa shape index (κ1) is 13.6. The molecule has 1 saturated carbocycles. The maximum atomic E-state index is 11.0. The van der Waals surface area contributed by atoms with E-state index in [1.807, 2.05) is 13.8 Å². The van der Waals surface area contributed by atoms with Crippen LogP contribution in [0.2, 0.25) is 0 Å². The van der Waals surface area contributed by atoms with Crippen LogP contribution in [0.5, 0.6) is 5.75 Å². The predicted octanol–water partition coefficient (Wildman–Crippen LogP) is 3.59. The fourth-order valence-corrected chi connectivity index (χ4v) is 2.36. The summed E-state index contributed by atoms with van der Waals surface area (Å²) >= 11 is 0. The number of ether oxygens (including phenoxy) is 1. The minimum Gasteiger partial charge on any atom is -0.484 e. The first-order chi connectivity index (χ1) is 8.95. The predicted molar refractivity (Wildman–Crippen MR) is 74.7 cm³/mol. The van der Waals surface area contributed by atoms with Crippen LogP contribution >= 0.6 is 0 Å². The van der Waals surface area contributed by atoms with Crippen LogP contribution < -0.4 is 10.1 Å². The van der Waals surface area contributed by atoms with E-state index < -0.39 is 4.92 Å². The van der Waals surface area contributed by atoms with Crippen LogP contribution in [0.3, 0.4) is 0 Å². The van der Waals surface area contributed by atoms with E-state index in [4.69, 9.17) is 4.74 Å². The Bertz CT molecular complexity index is 468. The number of nitro groups is 1. The van der Waals surface area contributed by atoms with Gasteiger partial charge in [0.2, 0.25) is 0 Å². The van der Waals surface area contributed by atoms with Crippen molar-refractivity contribution >= 4 is 11.4 Å². The van der Waals surface area contributed by atoms with Gasteiger partial charge in [-0.25, -0.2) is 0 Å². The highest BCUT2D eigenvalue weighted by atomic mass is 16.6. The smallest absolute Gasteiger partial charge is 0.311 e. The Hall–Kier alpha value is -1.78. The zero-order chi connectivity index (χ0) is 14.0. The normalized spacial score (nSPS) is 21.9. The number of anilines is 1. The van der Waals surface area contributed by atoms with Crippen molar-refractivity contribution in [1.82, 2.24) is 0 Å². The molecule has 1 aliphatic rings. The van der Waals surface area contributed by atoms with Gasteiger partial charge in [-0.2, -0.15) is 0 Å². The second-order valence-electron chi connectivity index (χ2n) is 5.52. The molecule has 0 aromatic heterocycles. The van der Waals surface area contributed by atoms with Crippen LogP contribution in [0.4, 0.5) is 11.4 Å². The molecule has 104 valence electrons. The zero-order valence-corrected chi connectivity index (χ0v) is 11.6. The Morgan fingerprint density at radius 2 is 2.11 bits per heavy atom. The number of hydrogen-bond donors (Lipinski definition) is 1. The lowest BCUT2D eigenvalue weighted by molar-refractivity contribution is -0.386. The molecule has 0 radical (unpaired) electrons. The van der Waals surface area contributed by atoms with Gasteiger partial charge < -0.3 is 10.1 Å². The molecule has 0 atom stereocenters. The quantitative estimate of drug-likeness (QED) is 0.652. The highest BCUT2D eigenvalue weighted by Crippen LogP contribution is 2.34. The van der Waals surface area contributed by atoms with Crippen molar-refractivity contribution < 1.29 is 9.66 Å². The van der Waals surface area contributed by atoms with Crippen molar-refractivity contribution in [3.8, 4) is 5.75 Å². The molecular weight excluding hydrogens is 244 g/mol. The van der Waals surface area contributed by atoms with E-state index >= 15 is 0 Å². The third kappa shape index (κ3) is 3.36. The Morgan fingerprint density at radius 1 is 1.42 bits per heavy atom. The average molecular weight is 264 g/mol. The van der Waals surface area contributed by atoms with Gasteiger partial charge in [-0.1, -0.05) is 6.92 Å². The molecule has 0 saturated heterocycles. The van der Waals surface area contributed by atoms with Crippen LogP contribution in [0.15, 0.2) is 18.2 Å². The van der Waals surface area contributed by atoms with Gasteiger partial charge in [0, 0.05) is 23.9 Å². The lowest BCUT2D eigenvalue weighted by Gasteiger charge is -2.34. The SMILES string of the molecule is CC1CC(Nc2ccc([N+](=O)[O-])c(OC(C)C)c2)C1. The number of nitro benzene ring substituents is 1. The monoisotopic (exact) mass is 264 g/mol. The van der Waals surface area contributed by atoms with Gasteiger partial charge in [0.15, 0.2) is 5.75 Å². The Morgan fingerprint density at radius 3 is 2.63 bits per heavy atom. The van der Waals surface area contributed by atoms with E-state index in [9.17, 15) is 10.1 Å². The topological polar surface area (TPSA) is 64.4 Å². The summed E-state index contributed by atoms with van der Waals surface area (Å²) in [6, 6.07) is 5.45. The van der Waals surface area contributed by atoms with Gasteiger partial charge in [-0.05, 0) is 38.7 Å². The highest BCUT2D eigenvalue weighted by molar-refractivity contribution is 5.58. The molecule has 0 aliphatic heterocycles. The minimum atomic E-state index is -0.410. The standard InChI is InChI=1S/C14H20N2O3/c1-9(2)19-14-8-11(4-5-13(14)16(17)18)15-12-6-10(3)7-12/h4-5,8-10,12,15H,6-7H2,1-3H3. The lowest BCUT2D eigenvalue weighted by Crippen LogP contribution is -2.33. The molecule has 5 nitrogen and oxygen atoms in total. The summed E-state index contributed by atoms with van der Waals surface area (Å²) in [5, 5.41) is 14.3. The molecule has 5 heteroatoms. The molecule has 1 N–H and O–H groups in total. The summed E-state index contributed by atoms with van der Waals surface area (Å²) in [4.78, 5) is 10.5. The van der Waals surface area contributed by atoms with E-state index in [0.29, 0.717) is 11.8 Å². The second-order valence-corrected chi connectivity index (χ2v) is 5.52. The molecule has 0 unspecified atom stereocenters. The van der Waals surface area contributed by atoms with E-state index in [2.05, 4.69) is 12.2 Å². The third-order valence-corrected chi connectivity index (χ3v) is 3.26. The van der Waals surface area contributed by atoms with Gasteiger partial charge in [0.25, 0.3) is 0 Å². The zero-order valence-electron chi connectivity index (χ0n) is 11.6. The molecule has 0 amide bonds. The third-order valence-electron chi connectivity index (χ3n) is 3.26. The summed E-state index contributed by atoms with van der Waals surface area (Å²) in [5.41, 5.74) is 0.902. The lowest BCUT2D eigenvalue weighted by atomic mass is 9.82. The molecule has 1 aromatic carbocycles. The van der Waals surface area contributed by atoms with Crippen LogP contribution in [0.25, 0.3) is 0 Å². The first-order valence-electron chi connectivity index (χ1n) is 6.67. The van der Waals surface area contributed by atoms with E-state index in [-0.39, 0.29) is 11.8 Å². The van der Waals surface area contributed by atoms with E-state index in [1.54, 1.807) is 12.1 Å². The van der Waals surface area contributed by atoms with Gasteiger partial charge >= 0.3 is 5.69 Å². The van der Waals surface area contributed by atoms with Crippen molar-refractivity contribution in [3.05, 3.63) is 28.3 Å². The van der Waals surface area contributed by atoms with Gasteiger partial charge in [0.05, 0.1) is 11.0 Å². The first-order valence-corrected chi connectivity index (χ1v) is 6.67. The molecule has 1 fully saturated rings. The molecule has 19 heavy (non-hydrogen) atoms. The summed E-state index contributed by atoms with van der Waals surface area (Å²) in [7, 11) is 0. The van der Waals surface area contributed by atoms with E-state index in [1.165, 1.54) is 6.07 Å². The molecule has 1 aromatic rings. The molecule has 0 spiro atoms. The number of benzene rings is 1. The van der Waals surface area contributed by atoms with Gasteiger partial charge in [-0.3, -0.25) is 10.1 Å². The van der Waals surface area contributed by atoms with E-state index in [0.717, 1.165) is 24.4 Å². The Balaban J connectivity index is 2.14. The summed E-state index contributed by atoms with van der Waals surface area (Å²) in [6.07, 6.45) is 2.21. The van der Waals surface area contributed by atoms with Crippen molar-refractivity contribution in [2.75, 3.05) is 5.32 Å². The molecule has 0 bridgehead atoms. The fourth-order valence-electron chi connectivity index (χ4n) is 2.36. The number of hydrogen-bond acceptors (Lipinski definition) is 4. The summed E-state index contributed by atoms with van der Waals surface area (Å²) in [6.45, 7) is 5.94. The Labute approximate surface area is 113 Å². The van der Waals surface area contributed by atoms with Crippen LogP contribution in [0.1, 0.15) is 33.6 Å². The van der Waals surface area contributed by atoms with Crippen LogP contribution in [-0.4, -0.2) is 17.1 Å². The number of nitrogens with one attached hydrogen (secondary N) is 1. The number of nitrogens with zero attached hydrogens (tertiary/aromatic N) is 1. The van der Waals surface area contributed by atoms with Crippen LogP contribution in [-0.2, 0) is 0 Å². The molecule has 1 aliphatic carbocycles. The summed E-state index contributed by atoms with van der Waals surface area (Å²) < 4.78 is 5.52. The van der Waals surface area contributed by atoms with Crippen molar-refractivity contribution in [1.29, 1.82) is 0 Å². The second kappa shape index (κ2) is 5.47. The Kier molecular flexibility index (Phi) is 3.93. The van der Waals surface area contributed by atoms with Crippen molar-refractivity contribution in [3.63, 3.8) is 0 Å². The van der Waals surface area contributed by atoms with Crippen molar-refractivity contribution in [2.24, 2.45) is 5.92 Å². The molecular formula is C14H20N2O3. The average Bonchev–Trinajstić information content (AvgIpc) is 2.26. The fraction of sp³-hybridized carbons (Fsp3) is 0.571. The highest BCUT2D eigenvalue weighted by Gasteiger charge is 2.25. The summed E-state index contributed by atoms with van der Waals surface area (Å²) in [5.74, 6) is 1.10. The maximum absolute atomic E-state index is 11.0. The largest absolute Gasteiger partial charge is 0.484 e. The minimum absolute atomic E-state index is 0.0150. The maximum Gasteiger partial charge on any atom is 0.311 e. The molecule has 2 rings (SSSR count). The van der Waals surface area contributed by atoms with Crippen LogP contribution in [0, 0.1) is 16.0 Å². The van der Waals surface area contributed by atoms with Gasteiger partial charge in [0.1, 0.15) is 0 Å². The van der Waals surface area contributed by atoms with Crippen molar-refractivity contribution in [2.45, 2.75) is 45.8 Å². The van der Waals surface area contributed by atoms with Gasteiger partial charge in [-0.15, -0.1) is 0 Å². The number of rotatable bonds is 5. The molecule has 0 heterocycles.